The van der Waals surface area contributed by atoms with Crippen LogP contribution in [0, 0.1) is 0 Å². The molecule has 0 spiro atoms. The Balaban J connectivity index is 2.17. The third-order valence-electron chi connectivity index (χ3n) is 3.56. The van der Waals surface area contributed by atoms with E-state index >= 15 is 0 Å². The molecule has 5 heteroatoms. The van der Waals surface area contributed by atoms with E-state index < -0.39 is 0 Å². The van der Waals surface area contributed by atoms with E-state index in [4.69, 9.17) is 0 Å². The second-order valence-corrected chi connectivity index (χ2v) is 5.49. The number of hydrogen-bond donors (Lipinski definition) is 2. The molecule has 0 aromatic heterocycles. The molecule has 116 valence electrons. The van der Waals surface area contributed by atoms with E-state index in [2.05, 4.69) is 24.5 Å². The maximum atomic E-state index is 12.0. The van der Waals surface area contributed by atoms with Crippen molar-refractivity contribution >= 4 is 11.8 Å². The highest BCUT2D eigenvalue weighted by atomic mass is 16.2. The van der Waals surface area contributed by atoms with E-state index in [1.165, 1.54) is 0 Å². The van der Waals surface area contributed by atoms with Crippen molar-refractivity contribution in [2.75, 3.05) is 26.2 Å². The number of hydrogen-bond acceptors (Lipinski definition) is 3. The molecule has 0 aliphatic carbocycles. The first-order valence-corrected chi connectivity index (χ1v) is 7.95. The van der Waals surface area contributed by atoms with Crippen LogP contribution in [-0.2, 0) is 9.59 Å². The smallest absolute Gasteiger partial charge is 0.222 e. The SMILES string of the molecule is CCCN(CCC)C(=O)CCCC(=O)NC1CCNC1. The Morgan fingerprint density at radius 3 is 2.45 bits per heavy atom. The molecule has 1 atom stereocenters. The van der Waals surface area contributed by atoms with Crippen molar-refractivity contribution in [2.24, 2.45) is 0 Å². The van der Waals surface area contributed by atoms with Gasteiger partial charge in [0.25, 0.3) is 0 Å². The van der Waals surface area contributed by atoms with E-state index in [0.29, 0.717) is 19.3 Å². The van der Waals surface area contributed by atoms with E-state index in [1.807, 2.05) is 4.90 Å². The van der Waals surface area contributed by atoms with Gasteiger partial charge in [-0.3, -0.25) is 9.59 Å². The number of carbonyl (C=O) groups is 2. The summed E-state index contributed by atoms with van der Waals surface area (Å²) in [6.07, 6.45) is 4.56. The zero-order valence-electron chi connectivity index (χ0n) is 12.9. The van der Waals surface area contributed by atoms with Gasteiger partial charge in [0, 0.05) is 38.5 Å². The monoisotopic (exact) mass is 283 g/mol. The summed E-state index contributed by atoms with van der Waals surface area (Å²) in [5.74, 6) is 0.257. The summed E-state index contributed by atoms with van der Waals surface area (Å²) in [6, 6.07) is 0.273. The number of nitrogens with one attached hydrogen (secondary N) is 2. The van der Waals surface area contributed by atoms with Crippen LogP contribution in [0.2, 0.25) is 0 Å². The van der Waals surface area contributed by atoms with Gasteiger partial charge in [0.2, 0.25) is 11.8 Å². The van der Waals surface area contributed by atoms with Crippen LogP contribution >= 0.6 is 0 Å². The summed E-state index contributed by atoms with van der Waals surface area (Å²) < 4.78 is 0. The van der Waals surface area contributed by atoms with Gasteiger partial charge in [-0.1, -0.05) is 13.8 Å². The highest BCUT2D eigenvalue weighted by molar-refractivity contribution is 5.79. The fraction of sp³-hybridized carbons (Fsp3) is 0.867. The molecular formula is C15H29N3O2. The lowest BCUT2D eigenvalue weighted by Gasteiger charge is -2.21. The third-order valence-corrected chi connectivity index (χ3v) is 3.56. The molecule has 0 aromatic rings. The summed E-state index contributed by atoms with van der Waals surface area (Å²) in [7, 11) is 0. The summed E-state index contributed by atoms with van der Waals surface area (Å²) in [5, 5.41) is 6.23. The Morgan fingerprint density at radius 1 is 1.20 bits per heavy atom. The molecule has 20 heavy (non-hydrogen) atoms. The number of carbonyl (C=O) groups excluding carboxylic acids is 2. The maximum Gasteiger partial charge on any atom is 0.222 e. The van der Waals surface area contributed by atoms with Crippen molar-refractivity contribution in [3.8, 4) is 0 Å². The third kappa shape index (κ3) is 6.37. The highest BCUT2D eigenvalue weighted by Crippen LogP contribution is 2.04. The summed E-state index contributed by atoms with van der Waals surface area (Å²) >= 11 is 0. The van der Waals surface area contributed by atoms with Gasteiger partial charge in [0.1, 0.15) is 0 Å². The summed E-state index contributed by atoms with van der Waals surface area (Å²) in [5.41, 5.74) is 0. The van der Waals surface area contributed by atoms with Crippen LogP contribution in [0.15, 0.2) is 0 Å². The van der Waals surface area contributed by atoms with E-state index in [0.717, 1.165) is 45.4 Å². The van der Waals surface area contributed by atoms with Crippen LogP contribution in [0.1, 0.15) is 52.4 Å². The molecule has 1 saturated heterocycles. The molecule has 1 aliphatic heterocycles. The average molecular weight is 283 g/mol. The zero-order valence-corrected chi connectivity index (χ0v) is 12.9. The van der Waals surface area contributed by atoms with Crippen LogP contribution in [0.25, 0.3) is 0 Å². The Hall–Kier alpha value is -1.10. The molecule has 1 rings (SSSR count). The van der Waals surface area contributed by atoms with Crippen molar-refractivity contribution in [1.82, 2.24) is 15.5 Å². The zero-order chi connectivity index (χ0) is 14.8. The number of amides is 2. The standard InChI is InChI=1S/C15H29N3O2/c1-3-10-18(11-4-2)15(20)7-5-6-14(19)17-13-8-9-16-12-13/h13,16H,3-12H2,1-2H3,(H,17,19). The van der Waals surface area contributed by atoms with Crippen molar-refractivity contribution in [2.45, 2.75) is 58.4 Å². The molecule has 2 N–H and O–H groups in total. The maximum absolute atomic E-state index is 12.0. The van der Waals surface area contributed by atoms with Crippen LogP contribution < -0.4 is 10.6 Å². The van der Waals surface area contributed by atoms with Crippen LogP contribution in [0.5, 0.6) is 0 Å². The Morgan fingerprint density at radius 2 is 1.90 bits per heavy atom. The first kappa shape index (κ1) is 17.0. The minimum atomic E-state index is 0.0732. The molecule has 0 radical (unpaired) electrons. The van der Waals surface area contributed by atoms with Gasteiger partial charge < -0.3 is 15.5 Å². The lowest BCUT2D eigenvalue weighted by Crippen LogP contribution is -2.36. The van der Waals surface area contributed by atoms with Gasteiger partial charge in [-0.25, -0.2) is 0 Å². The fourth-order valence-electron chi connectivity index (χ4n) is 2.54. The van der Waals surface area contributed by atoms with Gasteiger partial charge in [-0.05, 0) is 32.2 Å². The number of nitrogens with zero attached hydrogens (tertiary/aromatic N) is 1. The van der Waals surface area contributed by atoms with Gasteiger partial charge >= 0.3 is 0 Å². The lowest BCUT2D eigenvalue weighted by molar-refractivity contribution is -0.131. The normalized spacial score (nSPS) is 18.0. The number of rotatable bonds is 9. The van der Waals surface area contributed by atoms with Crippen molar-refractivity contribution < 1.29 is 9.59 Å². The second-order valence-electron chi connectivity index (χ2n) is 5.49. The van der Waals surface area contributed by atoms with E-state index in [9.17, 15) is 9.59 Å². The Kier molecular flexibility index (Phi) is 8.26. The van der Waals surface area contributed by atoms with Gasteiger partial charge in [-0.2, -0.15) is 0 Å². The first-order valence-electron chi connectivity index (χ1n) is 7.95. The highest BCUT2D eigenvalue weighted by Gasteiger charge is 2.17. The van der Waals surface area contributed by atoms with Crippen LogP contribution in [0.3, 0.4) is 0 Å². The summed E-state index contributed by atoms with van der Waals surface area (Å²) in [4.78, 5) is 25.7. The van der Waals surface area contributed by atoms with Gasteiger partial charge in [-0.15, -0.1) is 0 Å². The predicted octanol–water partition coefficient (Wildman–Crippen LogP) is 1.28. The van der Waals surface area contributed by atoms with E-state index in [-0.39, 0.29) is 17.9 Å². The molecule has 2 amide bonds. The molecule has 0 saturated carbocycles. The summed E-state index contributed by atoms with van der Waals surface area (Å²) in [6.45, 7) is 7.66. The van der Waals surface area contributed by atoms with Crippen molar-refractivity contribution in [1.29, 1.82) is 0 Å². The van der Waals surface area contributed by atoms with Gasteiger partial charge in [0.15, 0.2) is 0 Å². The lowest BCUT2D eigenvalue weighted by atomic mass is 10.2. The van der Waals surface area contributed by atoms with Crippen LogP contribution in [0.4, 0.5) is 0 Å². The topological polar surface area (TPSA) is 61.4 Å². The Labute approximate surface area is 122 Å². The molecular weight excluding hydrogens is 254 g/mol. The molecule has 0 bridgehead atoms. The molecule has 1 fully saturated rings. The van der Waals surface area contributed by atoms with Crippen LogP contribution in [-0.4, -0.2) is 48.9 Å². The minimum Gasteiger partial charge on any atom is -0.352 e. The molecule has 1 unspecified atom stereocenters. The largest absolute Gasteiger partial charge is 0.352 e. The average Bonchev–Trinajstić information content (AvgIpc) is 2.91. The van der Waals surface area contributed by atoms with Gasteiger partial charge in [0.05, 0.1) is 0 Å². The molecule has 1 heterocycles. The minimum absolute atomic E-state index is 0.0732. The van der Waals surface area contributed by atoms with Crippen molar-refractivity contribution in [3.05, 3.63) is 0 Å². The molecule has 1 aliphatic rings. The fourth-order valence-corrected chi connectivity index (χ4v) is 2.54. The quantitative estimate of drug-likeness (QED) is 0.670. The first-order chi connectivity index (χ1) is 9.67. The second kappa shape index (κ2) is 9.75. The predicted molar refractivity (Wildman–Crippen MR) is 80.4 cm³/mol. The van der Waals surface area contributed by atoms with E-state index in [1.54, 1.807) is 0 Å². The van der Waals surface area contributed by atoms with Crippen molar-refractivity contribution in [3.63, 3.8) is 0 Å². The molecule has 0 aromatic carbocycles. The molecule has 5 nitrogen and oxygen atoms in total. The Bertz CT molecular complexity index is 295.